The molecular weight excluding hydrogens is 226 g/mol. The quantitative estimate of drug-likeness (QED) is 0.779. The van der Waals surface area contributed by atoms with Crippen molar-refractivity contribution in [3.63, 3.8) is 0 Å². The molecule has 1 N–H and O–H groups in total. The summed E-state index contributed by atoms with van der Waals surface area (Å²) in [6, 6.07) is 0. The summed E-state index contributed by atoms with van der Waals surface area (Å²) in [5.74, 6) is 0.447. The first-order chi connectivity index (χ1) is 7.02. The van der Waals surface area contributed by atoms with E-state index in [4.69, 9.17) is 4.74 Å². The van der Waals surface area contributed by atoms with Crippen molar-refractivity contribution in [1.29, 1.82) is 0 Å². The van der Waals surface area contributed by atoms with E-state index in [1.165, 1.54) is 0 Å². The summed E-state index contributed by atoms with van der Waals surface area (Å²) in [5.41, 5.74) is -0.493. The zero-order valence-electron chi connectivity index (χ0n) is 11.0. The molecule has 16 heavy (non-hydrogen) atoms. The van der Waals surface area contributed by atoms with Crippen molar-refractivity contribution in [1.82, 2.24) is 5.32 Å². The van der Waals surface area contributed by atoms with Gasteiger partial charge in [-0.1, -0.05) is 0 Å². The van der Waals surface area contributed by atoms with Crippen molar-refractivity contribution in [2.45, 2.75) is 51.9 Å². The fourth-order valence-corrected chi connectivity index (χ4v) is 1.77. The maximum Gasteiger partial charge on any atom is 0.407 e. The zero-order valence-corrected chi connectivity index (χ0v) is 11.9. The van der Waals surface area contributed by atoms with Gasteiger partial charge in [-0.25, -0.2) is 4.79 Å². The van der Waals surface area contributed by atoms with Crippen LogP contribution in [0.3, 0.4) is 0 Å². The van der Waals surface area contributed by atoms with Crippen LogP contribution >= 0.6 is 0 Å². The number of carbonyl (C=O) groups excluding carboxylic acids is 1. The minimum absolute atomic E-state index is 0.240. The number of carbonyl (C=O) groups is 1. The first-order valence-corrected chi connectivity index (χ1v) is 6.69. The van der Waals surface area contributed by atoms with Gasteiger partial charge in [0, 0.05) is 0 Å². The van der Waals surface area contributed by atoms with Gasteiger partial charge in [-0.3, -0.25) is 0 Å². The minimum atomic E-state index is -0.947. The van der Waals surface area contributed by atoms with Crippen molar-refractivity contribution in [3.8, 4) is 0 Å². The number of ether oxygens (including phenoxy) is 1. The molecule has 1 unspecified atom stereocenters. The highest BCUT2D eigenvalue weighted by Crippen LogP contribution is 2.15. The summed E-state index contributed by atoms with van der Waals surface area (Å²) in [5, 5.41) is 2.59. The van der Waals surface area contributed by atoms with Crippen molar-refractivity contribution in [3.05, 3.63) is 0 Å². The molecule has 0 saturated heterocycles. The number of nitrogens with one attached hydrogen (secondary N) is 1. The van der Waals surface area contributed by atoms with Gasteiger partial charge in [0.15, 0.2) is 0 Å². The molecule has 0 aromatic heterocycles. The molecule has 0 aliphatic rings. The van der Waals surface area contributed by atoms with Crippen LogP contribution in [0.1, 0.15) is 41.5 Å². The van der Waals surface area contributed by atoms with Gasteiger partial charge in [0.2, 0.25) is 0 Å². The Hall–Kier alpha value is -0.420. The molecule has 0 fully saturated rings. The third kappa shape index (κ3) is 7.82. The standard InChI is InChI=1S/C11H23NO3S/c1-10(2,3)15-9(13)12-7-8-16(14)11(4,5)6/h7-8H2,1-6H3,(H,12,13). The highest BCUT2D eigenvalue weighted by atomic mass is 32.2. The Balaban J connectivity index is 3.79. The molecule has 0 heterocycles. The molecule has 0 saturated carbocycles. The van der Waals surface area contributed by atoms with Crippen LogP contribution in [0.5, 0.6) is 0 Å². The number of rotatable bonds is 3. The molecule has 0 spiro atoms. The third-order valence-electron chi connectivity index (χ3n) is 1.64. The monoisotopic (exact) mass is 249 g/mol. The summed E-state index contributed by atoms with van der Waals surface area (Å²) >= 11 is -0.947. The summed E-state index contributed by atoms with van der Waals surface area (Å²) in [6.45, 7) is 11.5. The number of hydrogen-bond donors (Lipinski definition) is 1. The lowest BCUT2D eigenvalue weighted by atomic mass is 10.2. The van der Waals surface area contributed by atoms with Crippen LogP contribution in [-0.4, -0.2) is 33.3 Å². The van der Waals surface area contributed by atoms with E-state index < -0.39 is 22.9 Å². The number of amides is 1. The van der Waals surface area contributed by atoms with E-state index in [1.807, 2.05) is 20.8 Å². The Bertz CT molecular complexity index is 230. The molecule has 5 heteroatoms. The van der Waals surface area contributed by atoms with Crippen LogP contribution in [0.25, 0.3) is 0 Å². The smallest absolute Gasteiger partial charge is 0.407 e. The van der Waals surface area contributed by atoms with E-state index in [0.717, 1.165) is 0 Å². The van der Waals surface area contributed by atoms with Gasteiger partial charge >= 0.3 is 6.09 Å². The Labute approximate surface area is 101 Å². The van der Waals surface area contributed by atoms with Gasteiger partial charge in [0.1, 0.15) is 16.1 Å². The fourth-order valence-electron chi connectivity index (χ4n) is 0.866. The van der Waals surface area contributed by atoms with Crippen LogP contribution in [0, 0.1) is 0 Å². The molecule has 1 amide bonds. The predicted octanol–water partition coefficient (Wildman–Crippen LogP) is 2.06. The molecule has 4 nitrogen and oxygen atoms in total. The first kappa shape index (κ1) is 15.6. The van der Waals surface area contributed by atoms with Crippen molar-refractivity contribution < 1.29 is 14.1 Å². The lowest BCUT2D eigenvalue weighted by Crippen LogP contribution is -2.38. The number of alkyl carbamates (subject to hydrolysis) is 1. The second-order valence-electron chi connectivity index (χ2n) is 5.59. The average molecular weight is 249 g/mol. The SMILES string of the molecule is CC(C)(C)OC(=O)NCC[S+]([O-])C(C)(C)C. The van der Waals surface area contributed by atoms with E-state index in [9.17, 15) is 9.35 Å². The Morgan fingerprint density at radius 2 is 1.75 bits per heavy atom. The van der Waals surface area contributed by atoms with E-state index in [1.54, 1.807) is 20.8 Å². The van der Waals surface area contributed by atoms with Crippen molar-refractivity contribution in [2.24, 2.45) is 0 Å². The lowest BCUT2D eigenvalue weighted by Gasteiger charge is -2.25. The minimum Gasteiger partial charge on any atom is -0.616 e. The zero-order chi connectivity index (χ0) is 13.0. The Morgan fingerprint density at radius 1 is 1.25 bits per heavy atom. The highest BCUT2D eigenvalue weighted by molar-refractivity contribution is 7.92. The Morgan fingerprint density at radius 3 is 2.12 bits per heavy atom. The highest BCUT2D eigenvalue weighted by Gasteiger charge is 2.25. The van der Waals surface area contributed by atoms with Crippen LogP contribution in [0.2, 0.25) is 0 Å². The van der Waals surface area contributed by atoms with Gasteiger partial charge in [0.05, 0.1) is 6.54 Å². The second-order valence-corrected chi connectivity index (χ2v) is 7.91. The van der Waals surface area contributed by atoms with E-state index in [2.05, 4.69) is 5.32 Å². The molecule has 0 aliphatic heterocycles. The topological polar surface area (TPSA) is 61.4 Å². The van der Waals surface area contributed by atoms with Gasteiger partial charge in [-0.05, 0) is 52.7 Å². The molecular formula is C11H23NO3S. The van der Waals surface area contributed by atoms with Crippen LogP contribution in [0.15, 0.2) is 0 Å². The number of hydrogen-bond acceptors (Lipinski definition) is 3. The van der Waals surface area contributed by atoms with E-state index in [-0.39, 0.29) is 4.75 Å². The molecule has 0 aromatic rings. The maximum atomic E-state index is 11.7. The van der Waals surface area contributed by atoms with Crippen molar-refractivity contribution >= 4 is 17.3 Å². The van der Waals surface area contributed by atoms with Gasteiger partial charge < -0.3 is 14.6 Å². The molecule has 96 valence electrons. The molecule has 0 aliphatic carbocycles. The van der Waals surface area contributed by atoms with E-state index >= 15 is 0 Å². The summed E-state index contributed by atoms with van der Waals surface area (Å²) in [4.78, 5) is 11.3. The van der Waals surface area contributed by atoms with Crippen LogP contribution in [0.4, 0.5) is 4.79 Å². The van der Waals surface area contributed by atoms with Crippen LogP contribution < -0.4 is 5.32 Å². The summed E-state index contributed by atoms with van der Waals surface area (Å²) < 4.78 is 16.5. The van der Waals surface area contributed by atoms with Crippen LogP contribution in [-0.2, 0) is 15.9 Å². The largest absolute Gasteiger partial charge is 0.616 e. The lowest BCUT2D eigenvalue weighted by molar-refractivity contribution is 0.0531. The fraction of sp³-hybridized carbons (Fsp3) is 0.909. The second kappa shape index (κ2) is 5.77. The first-order valence-electron chi connectivity index (χ1n) is 5.38. The molecule has 1 atom stereocenters. The molecule has 0 rings (SSSR count). The van der Waals surface area contributed by atoms with Gasteiger partial charge in [-0.15, -0.1) is 0 Å². The summed E-state index contributed by atoms with van der Waals surface area (Å²) in [6.07, 6.45) is -0.460. The van der Waals surface area contributed by atoms with E-state index in [0.29, 0.717) is 12.3 Å². The third-order valence-corrected chi connectivity index (χ3v) is 3.58. The maximum absolute atomic E-state index is 11.7. The van der Waals surface area contributed by atoms with Crippen molar-refractivity contribution in [2.75, 3.05) is 12.3 Å². The average Bonchev–Trinajstić information content (AvgIpc) is 1.98. The van der Waals surface area contributed by atoms with Gasteiger partial charge in [0.25, 0.3) is 0 Å². The van der Waals surface area contributed by atoms with Gasteiger partial charge in [-0.2, -0.15) is 0 Å². The molecule has 0 aromatic carbocycles. The Kier molecular flexibility index (Phi) is 5.62. The summed E-state index contributed by atoms with van der Waals surface area (Å²) in [7, 11) is 0. The normalized spacial score (nSPS) is 14.4. The predicted molar refractivity (Wildman–Crippen MR) is 67.0 cm³/mol. The molecule has 0 bridgehead atoms. The molecule has 0 radical (unpaired) electrons.